The van der Waals surface area contributed by atoms with Gasteiger partial charge in [-0.15, -0.1) is 0 Å². The Morgan fingerprint density at radius 1 is 1.27 bits per heavy atom. The van der Waals surface area contributed by atoms with Crippen molar-refractivity contribution in [2.24, 2.45) is 17.3 Å². The molecule has 2 aliphatic heterocycles. The highest BCUT2D eigenvalue weighted by atomic mass is 16.5. The van der Waals surface area contributed by atoms with Crippen LogP contribution in [0.1, 0.15) is 59.3 Å². The zero-order valence-electron chi connectivity index (χ0n) is 14.0. The van der Waals surface area contributed by atoms with E-state index in [1.54, 1.807) is 6.92 Å². The Morgan fingerprint density at radius 2 is 1.95 bits per heavy atom. The van der Waals surface area contributed by atoms with Gasteiger partial charge < -0.3 is 9.64 Å². The van der Waals surface area contributed by atoms with Crippen LogP contribution in [0.3, 0.4) is 0 Å². The smallest absolute Gasteiger partial charge is 0.336 e. The average Bonchev–Trinajstić information content (AvgIpc) is 3.02. The molecular formula is C18H27NO3. The van der Waals surface area contributed by atoms with E-state index in [0.29, 0.717) is 5.57 Å². The number of carbonyl (C=O) groups is 2. The Morgan fingerprint density at radius 3 is 2.50 bits per heavy atom. The van der Waals surface area contributed by atoms with E-state index >= 15 is 0 Å². The largest absolute Gasteiger partial charge is 0.456 e. The van der Waals surface area contributed by atoms with Crippen molar-refractivity contribution in [2.75, 3.05) is 13.2 Å². The quantitative estimate of drug-likeness (QED) is 0.752. The Labute approximate surface area is 132 Å². The van der Waals surface area contributed by atoms with Crippen LogP contribution in [0.2, 0.25) is 0 Å². The Bertz CT molecular complexity index is 514. The van der Waals surface area contributed by atoms with Crippen molar-refractivity contribution < 1.29 is 14.3 Å². The zero-order valence-corrected chi connectivity index (χ0v) is 14.0. The molecular weight excluding hydrogens is 278 g/mol. The maximum atomic E-state index is 13.0. The lowest BCUT2D eigenvalue weighted by Crippen LogP contribution is -2.38. The molecule has 3 aliphatic rings. The van der Waals surface area contributed by atoms with E-state index in [2.05, 4.69) is 13.8 Å². The van der Waals surface area contributed by atoms with Crippen LogP contribution >= 0.6 is 0 Å². The van der Waals surface area contributed by atoms with E-state index < -0.39 is 0 Å². The fraction of sp³-hybridized carbons (Fsp3) is 0.778. The molecule has 0 aromatic heterocycles. The molecule has 1 spiro atoms. The van der Waals surface area contributed by atoms with Gasteiger partial charge in [0.1, 0.15) is 6.61 Å². The summed E-state index contributed by atoms with van der Waals surface area (Å²) in [5.74, 6) is 1.50. The monoisotopic (exact) mass is 305 g/mol. The van der Waals surface area contributed by atoms with Gasteiger partial charge in [-0.2, -0.15) is 0 Å². The molecule has 0 bridgehead atoms. The van der Waals surface area contributed by atoms with Gasteiger partial charge in [-0.1, -0.05) is 20.3 Å². The Balaban J connectivity index is 1.71. The number of likely N-dealkylation sites (tertiary alicyclic amines) is 1. The van der Waals surface area contributed by atoms with Crippen molar-refractivity contribution in [3.63, 3.8) is 0 Å². The number of carbonyl (C=O) groups excluding carboxylic acids is 2. The van der Waals surface area contributed by atoms with Gasteiger partial charge in [0.05, 0.1) is 16.7 Å². The molecule has 2 heterocycles. The van der Waals surface area contributed by atoms with Crippen LogP contribution in [0, 0.1) is 17.3 Å². The molecule has 1 atom stereocenters. The summed E-state index contributed by atoms with van der Waals surface area (Å²) >= 11 is 0. The third-order valence-electron chi connectivity index (χ3n) is 6.35. The molecule has 1 unspecified atom stereocenters. The Kier molecular flexibility index (Phi) is 4.04. The van der Waals surface area contributed by atoms with E-state index in [9.17, 15) is 9.59 Å². The predicted octanol–water partition coefficient (Wildman–Crippen LogP) is 3.27. The highest BCUT2D eigenvalue weighted by Gasteiger charge is 2.50. The maximum absolute atomic E-state index is 13.0. The lowest BCUT2D eigenvalue weighted by atomic mass is 9.66. The molecule has 4 heteroatoms. The molecule has 0 aromatic carbocycles. The minimum absolute atomic E-state index is 0.164. The molecule has 1 amide bonds. The topological polar surface area (TPSA) is 46.6 Å². The summed E-state index contributed by atoms with van der Waals surface area (Å²) in [4.78, 5) is 26.4. The second-order valence-corrected chi connectivity index (χ2v) is 7.36. The lowest BCUT2D eigenvalue weighted by molar-refractivity contribution is -0.138. The lowest BCUT2D eigenvalue weighted by Gasteiger charge is -2.38. The maximum Gasteiger partial charge on any atom is 0.336 e. The highest BCUT2D eigenvalue weighted by molar-refractivity contribution is 5.94. The summed E-state index contributed by atoms with van der Waals surface area (Å²) in [6.07, 6.45) is 6.52. The van der Waals surface area contributed by atoms with Gasteiger partial charge in [-0.3, -0.25) is 4.79 Å². The van der Waals surface area contributed by atoms with E-state index in [1.165, 1.54) is 19.3 Å². The second kappa shape index (κ2) is 5.71. The summed E-state index contributed by atoms with van der Waals surface area (Å²) < 4.78 is 5.07. The molecule has 0 N–H and O–H groups in total. The third-order valence-corrected chi connectivity index (χ3v) is 6.35. The van der Waals surface area contributed by atoms with E-state index in [-0.39, 0.29) is 23.9 Å². The summed E-state index contributed by atoms with van der Waals surface area (Å²) in [6, 6.07) is 0. The number of esters is 1. The van der Waals surface area contributed by atoms with Gasteiger partial charge in [-0.25, -0.2) is 4.79 Å². The van der Waals surface area contributed by atoms with Crippen LogP contribution in [-0.2, 0) is 14.3 Å². The second-order valence-electron chi connectivity index (χ2n) is 7.36. The van der Waals surface area contributed by atoms with Crippen molar-refractivity contribution >= 4 is 11.9 Å². The molecule has 1 saturated heterocycles. The van der Waals surface area contributed by atoms with Crippen LogP contribution in [0.5, 0.6) is 0 Å². The van der Waals surface area contributed by atoms with Gasteiger partial charge in [0, 0.05) is 6.54 Å². The summed E-state index contributed by atoms with van der Waals surface area (Å²) in [7, 11) is 0. The van der Waals surface area contributed by atoms with E-state index in [0.717, 1.165) is 43.3 Å². The standard InChI is InChI=1S/C18H27NO3/c1-4-12(2)14-5-7-18(8-6-14)9-10-19(17(18)21)15-11-22-16(20)13(15)3/h12,14H,4-11H2,1-3H3. The number of nitrogens with zero attached hydrogens (tertiary/aromatic N) is 1. The van der Waals surface area contributed by atoms with E-state index in [4.69, 9.17) is 4.74 Å². The average molecular weight is 305 g/mol. The fourth-order valence-corrected chi connectivity index (χ4v) is 4.39. The first-order valence-electron chi connectivity index (χ1n) is 8.67. The first-order chi connectivity index (χ1) is 10.5. The molecule has 3 rings (SSSR count). The molecule has 0 radical (unpaired) electrons. The number of cyclic esters (lactones) is 1. The van der Waals surface area contributed by atoms with Crippen molar-refractivity contribution in [2.45, 2.75) is 59.3 Å². The van der Waals surface area contributed by atoms with Crippen LogP contribution in [0.4, 0.5) is 0 Å². The SMILES string of the molecule is CCC(C)C1CCC2(CC1)CCN(C1=C(C)C(=O)OC1)C2=O. The van der Waals surface area contributed by atoms with Gasteiger partial charge >= 0.3 is 5.97 Å². The van der Waals surface area contributed by atoms with Gasteiger partial charge in [0.15, 0.2) is 0 Å². The molecule has 4 nitrogen and oxygen atoms in total. The molecule has 1 aliphatic carbocycles. The van der Waals surface area contributed by atoms with Crippen molar-refractivity contribution in [1.82, 2.24) is 4.90 Å². The first kappa shape index (κ1) is 15.6. The highest BCUT2D eigenvalue weighted by Crippen LogP contribution is 2.49. The van der Waals surface area contributed by atoms with Crippen LogP contribution in [-0.4, -0.2) is 29.9 Å². The van der Waals surface area contributed by atoms with Crippen LogP contribution in [0.25, 0.3) is 0 Å². The molecule has 2 fully saturated rings. The predicted molar refractivity (Wildman–Crippen MR) is 83.8 cm³/mol. The molecule has 0 aromatic rings. The zero-order chi connectivity index (χ0) is 15.9. The normalized spacial score (nSPS) is 33.8. The minimum Gasteiger partial charge on any atom is -0.456 e. The van der Waals surface area contributed by atoms with Gasteiger partial charge in [0.2, 0.25) is 5.91 Å². The van der Waals surface area contributed by atoms with E-state index in [1.807, 2.05) is 4.90 Å². The minimum atomic E-state index is -0.274. The van der Waals surface area contributed by atoms with Crippen molar-refractivity contribution in [3.8, 4) is 0 Å². The molecule has 1 saturated carbocycles. The van der Waals surface area contributed by atoms with Crippen LogP contribution in [0.15, 0.2) is 11.3 Å². The molecule has 122 valence electrons. The Hall–Kier alpha value is -1.32. The van der Waals surface area contributed by atoms with Crippen LogP contribution < -0.4 is 0 Å². The summed E-state index contributed by atoms with van der Waals surface area (Å²) in [5.41, 5.74) is 1.25. The number of rotatable bonds is 3. The number of amides is 1. The summed E-state index contributed by atoms with van der Waals surface area (Å²) in [6.45, 7) is 7.37. The number of ether oxygens (including phenoxy) is 1. The summed E-state index contributed by atoms with van der Waals surface area (Å²) in [5, 5.41) is 0. The fourth-order valence-electron chi connectivity index (χ4n) is 4.39. The molecule has 22 heavy (non-hydrogen) atoms. The third kappa shape index (κ3) is 2.37. The number of hydrogen-bond donors (Lipinski definition) is 0. The van der Waals surface area contributed by atoms with Crippen molar-refractivity contribution in [3.05, 3.63) is 11.3 Å². The van der Waals surface area contributed by atoms with Crippen molar-refractivity contribution in [1.29, 1.82) is 0 Å². The van der Waals surface area contributed by atoms with Gasteiger partial charge in [-0.05, 0) is 50.9 Å². The van der Waals surface area contributed by atoms with Gasteiger partial charge in [0.25, 0.3) is 0 Å². The number of hydrogen-bond acceptors (Lipinski definition) is 3. The first-order valence-corrected chi connectivity index (χ1v) is 8.67.